The van der Waals surface area contributed by atoms with Gasteiger partial charge in [-0.1, -0.05) is 43.1 Å². The molecule has 0 unspecified atom stereocenters. The summed E-state index contributed by atoms with van der Waals surface area (Å²) < 4.78 is 5.38. The van der Waals surface area contributed by atoms with E-state index >= 15 is 0 Å². The summed E-state index contributed by atoms with van der Waals surface area (Å²) in [5.74, 6) is 1.46. The quantitative estimate of drug-likeness (QED) is 0.608. The number of carbonyl (C=O) groups is 1. The molecular formula is C19H22ClN5O2S. The lowest BCUT2D eigenvalue weighted by molar-refractivity contribution is -0.119. The number of thioether (sulfide) groups is 1. The van der Waals surface area contributed by atoms with Crippen molar-refractivity contribution >= 4 is 51.3 Å². The number of halogens is 1. The summed E-state index contributed by atoms with van der Waals surface area (Å²) in [6, 6.07) is 3.82. The number of hydrogen-bond donors (Lipinski definition) is 2. The van der Waals surface area contributed by atoms with Crippen LogP contribution >= 0.6 is 23.4 Å². The molecule has 0 radical (unpaired) electrons. The fourth-order valence-corrected chi connectivity index (χ4v) is 4.58. The van der Waals surface area contributed by atoms with E-state index in [4.69, 9.17) is 16.3 Å². The third-order valence-corrected chi connectivity index (χ3v) is 6.43. The van der Waals surface area contributed by atoms with Gasteiger partial charge in [-0.05, 0) is 30.9 Å². The average molecular weight is 420 g/mol. The molecule has 2 atom stereocenters. The molecule has 148 valence electrons. The van der Waals surface area contributed by atoms with Crippen LogP contribution in [0.5, 0.6) is 5.75 Å². The van der Waals surface area contributed by atoms with Gasteiger partial charge in [-0.2, -0.15) is 0 Å². The lowest BCUT2D eigenvalue weighted by atomic mass is 9.86. The molecule has 3 aromatic rings. The summed E-state index contributed by atoms with van der Waals surface area (Å²) >= 11 is 7.60. The molecular weight excluding hydrogens is 398 g/mol. The lowest BCUT2D eigenvalue weighted by Crippen LogP contribution is -2.41. The third-order valence-electron chi connectivity index (χ3n) is 5.27. The number of nitrogens with zero attached hydrogens (tertiary/aromatic N) is 3. The number of amides is 1. The van der Waals surface area contributed by atoms with Gasteiger partial charge in [-0.15, -0.1) is 10.2 Å². The highest BCUT2D eigenvalue weighted by Crippen LogP contribution is 2.35. The molecule has 1 saturated carbocycles. The molecule has 1 aromatic carbocycles. The van der Waals surface area contributed by atoms with Gasteiger partial charge in [0.2, 0.25) is 11.1 Å². The Morgan fingerprint density at radius 3 is 2.96 bits per heavy atom. The minimum absolute atomic E-state index is 0.00816. The first-order valence-corrected chi connectivity index (χ1v) is 10.7. The second kappa shape index (κ2) is 8.13. The maximum atomic E-state index is 12.3. The van der Waals surface area contributed by atoms with Crippen molar-refractivity contribution in [3.8, 4) is 5.75 Å². The maximum absolute atomic E-state index is 12.3. The molecule has 2 N–H and O–H groups in total. The van der Waals surface area contributed by atoms with Crippen molar-refractivity contribution in [1.82, 2.24) is 25.5 Å². The minimum atomic E-state index is 0.00816. The van der Waals surface area contributed by atoms with Crippen LogP contribution in [0.3, 0.4) is 0 Å². The Labute approximate surface area is 172 Å². The van der Waals surface area contributed by atoms with Crippen LogP contribution in [0.4, 0.5) is 0 Å². The van der Waals surface area contributed by atoms with Crippen molar-refractivity contribution < 1.29 is 9.53 Å². The van der Waals surface area contributed by atoms with Crippen molar-refractivity contribution in [2.24, 2.45) is 5.92 Å². The number of benzene rings is 1. The van der Waals surface area contributed by atoms with Gasteiger partial charge in [0, 0.05) is 6.04 Å². The molecule has 2 aromatic heterocycles. The predicted octanol–water partition coefficient (Wildman–Crippen LogP) is 3.96. The maximum Gasteiger partial charge on any atom is 0.230 e. The van der Waals surface area contributed by atoms with Crippen molar-refractivity contribution in [2.75, 3.05) is 12.9 Å². The van der Waals surface area contributed by atoms with Crippen LogP contribution < -0.4 is 10.1 Å². The summed E-state index contributed by atoms with van der Waals surface area (Å²) in [6.07, 6.45) is 4.66. The van der Waals surface area contributed by atoms with Crippen LogP contribution in [-0.4, -0.2) is 45.0 Å². The molecule has 0 bridgehead atoms. The molecule has 1 aliphatic rings. The van der Waals surface area contributed by atoms with Crippen LogP contribution in [0.1, 0.15) is 32.6 Å². The van der Waals surface area contributed by atoms with Crippen LogP contribution in [0, 0.1) is 5.92 Å². The zero-order valence-electron chi connectivity index (χ0n) is 15.8. The largest absolute Gasteiger partial charge is 0.495 e. The monoisotopic (exact) mass is 419 g/mol. The predicted molar refractivity (Wildman–Crippen MR) is 111 cm³/mol. The molecule has 0 saturated heterocycles. The second-order valence-electron chi connectivity index (χ2n) is 7.14. The van der Waals surface area contributed by atoms with E-state index in [1.165, 1.54) is 31.0 Å². The molecule has 0 aliphatic heterocycles. The van der Waals surface area contributed by atoms with Gasteiger partial charge in [-0.3, -0.25) is 4.79 Å². The fourth-order valence-electron chi connectivity index (χ4n) is 3.74. The molecule has 1 aliphatic carbocycles. The fraction of sp³-hybridized carbons (Fsp3) is 0.474. The Kier molecular flexibility index (Phi) is 5.59. The number of nitrogens with one attached hydrogen (secondary N) is 2. The Morgan fingerprint density at radius 1 is 1.36 bits per heavy atom. The number of aromatic nitrogens is 4. The Morgan fingerprint density at radius 2 is 2.18 bits per heavy atom. The number of methoxy groups -OCH3 is 1. The van der Waals surface area contributed by atoms with Crippen LogP contribution in [0.25, 0.3) is 22.1 Å². The topological polar surface area (TPSA) is 92.8 Å². The van der Waals surface area contributed by atoms with E-state index in [1.54, 1.807) is 19.2 Å². The molecule has 4 rings (SSSR count). The number of aromatic amines is 1. The number of rotatable bonds is 5. The summed E-state index contributed by atoms with van der Waals surface area (Å²) in [5.41, 5.74) is 1.89. The first-order chi connectivity index (χ1) is 13.6. The molecule has 28 heavy (non-hydrogen) atoms. The summed E-state index contributed by atoms with van der Waals surface area (Å²) in [5, 5.41) is 13.3. The number of fused-ring (bicyclic) bond motifs is 3. The van der Waals surface area contributed by atoms with E-state index in [9.17, 15) is 4.79 Å². The highest BCUT2D eigenvalue weighted by molar-refractivity contribution is 7.99. The lowest BCUT2D eigenvalue weighted by Gasteiger charge is -2.29. The first-order valence-electron chi connectivity index (χ1n) is 9.37. The van der Waals surface area contributed by atoms with E-state index < -0.39 is 0 Å². The van der Waals surface area contributed by atoms with E-state index in [0.29, 0.717) is 33.0 Å². The Balaban J connectivity index is 1.49. The molecule has 1 fully saturated rings. The van der Waals surface area contributed by atoms with Gasteiger partial charge in [0.05, 0.1) is 28.8 Å². The van der Waals surface area contributed by atoms with Crippen molar-refractivity contribution in [2.45, 2.75) is 43.8 Å². The minimum Gasteiger partial charge on any atom is -0.495 e. The smallest absolute Gasteiger partial charge is 0.230 e. The van der Waals surface area contributed by atoms with Gasteiger partial charge in [0.15, 0.2) is 5.65 Å². The van der Waals surface area contributed by atoms with Gasteiger partial charge in [0.1, 0.15) is 11.3 Å². The normalized spacial score (nSPS) is 19.8. The number of ether oxygens (including phenoxy) is 1. The zero-order chi connectivity index (χ0) is 19.7. The van der Waals surface area contributed by atoms with Gasteiger partial charge < -0.3 is 15.0 Å². The van der Waals surface area contributed by atoms with Crippen molar-refractivity contribution in [3.05, 3.63) is 17.2 Å². The highest BCUT2D eigenvalue weighted by Gasteiger charge is 2.23. The van der Waals surface area contributed by atoms with Gasteiger partial charge in [-0.25, -0.2) is 4.98 Å². The van der Waals surface area contributed by atoms with Gasteiger partial charge >= 0.3 is 0 Å². The van der Waals surface area contributed by atoms with E-state index in [-0.39, 0.29) is 17.7 Å². The summed E-state index contributed by atoms with van der Waals surface area (Å²) in [4.78, 5) is 20.0. The van der Waals surface area contributed by atoms with E-state index in [2.05, 4.69) is 32.4 Å². The third kappa shape index (κ3) is 3.75. The molecule has 2 heterocycles. The number of carbonyl (C=O) groups excluding carboxylic acids is 1. The van der Waals surface area contributed by atoms with Crippen LogP contribution in [0.2, 0.25) is 5.02 Å². The van der Waals surface area contributed by atoms with Crippen molar-refractivity contribution in [3.63, 3.8) is 0 Å². The average Bonchev–Trinajstić information content (AvgIpc) is 3.08. The molecule has 1 amide bonds. The zero-order valence-corrected chi connectivity index (χ0v) is 17.4. The Bertz CT molecular complexity index is 1020. The molecule has 9 heteroatoms. The van der Waals surface area contributed by atoms with Crippen LogP contribution in [-0.2, 0) is 4.79 Å². The number of hydrogen-bond acceptors (Lipinski definition) is 6. The summed E-state index contributed by atoms with van der Waals surface area (Å²) in [7, 11) is 1.60. The van der Waals surface area contributed by atoms with Crippen molar-refractivity contribution in [1.29, 1.82) is 0 Å². The number of H-pyrrole nitrogens is 1. The standard InChI is InChI=1S/C19H22ClN5O2S/c1-10-5-3-4-6-12(10)21-14(26)9-28-19-23-18-17(24-25-19)15-11(20)7-8-13(27-2)16(15)22-18/h7-8,10,12H,3-6,9H2,1-2H3,(H,21,26)(H,22,23,25)/t10-,12+/m0/s1. The highest BCUT2D eigenvalue weighted by atomic mass is 35.5. The van der Waals surface area contributed by atoms with E-state index in [1.807, 2.05) is 0 Å². The molecule has 0 spiro atoms. The first kappa shape index (κ1) is 19.3. The summed E-state index contributed by atoms with van der Waals surface area (Å²) in [6.45, 7) is 2.20. The van der Waals surface area contributed by atoms with Gasteiger partial charge in [0.25, 0.3) is 0 Å². The SMILES string of the molecule is COc1ccc(Cl)c2c1[nH]c1nc(SCC(=O)N[C@@H]3CCCC[C@@H]3C)nnc12. The Hall–Kier alpha value is -2.06. The second-order valence-corrected chi connectivity index (χ2v) is 8.49. The van der Waals surface area contributed by atoms with E-state index in [0.717, 1.165) is 17.3 Å². The van der Waals surface area contributed by atoms with Crippen LogP contribution in [0.15, 0.2) is 17.3 Å². The molecule has 7 nitrogen and oxygen atoms in total.